The van der Waals surface area contributed by atoms with Crippen LogP contribution in [0.25, 0.3) is 0 Å². The van der Waals surface area contributed by atoms with Gasteiger partial charge < -0.3 is 4.90 Å². The van der Waals surface area contributed by atoms with Crippen molar-refractivity contribution in [3.8, 4) is 0 Å². The van der Waals surface area contributed by atoms with Gasteiger partial charge in [-0.3, -0.25) is 9.58 Å². The van der Waals surface area contributed by atoms with Crippen LogP contribution in [-0.2, 0) is 19.5 Å². The Labute approximate surface area is 159 Å². The van der Waals surface area contributed by atoms with Gasteiger partial charge in [0.05, 0.1) is 5.69 Å². The van der Waals surface area contributed by atoms with Gasteiger partial charge in [-0.2, -0.15) is 5.10 Å². The molecule has 1 saturated heterocycles. The molecule has 0 unspecified atom stereocenters. The molecule has 0 bridgehead atoms. The highest BCUT2D eigenvalue weighted by Gasteiger charge is 2.21. The molecule has 3 heterocycles. The van der Waals surface area contributed by atoms with Gasteiger partial charge in [-0.1, -0.05) is 30.3 Å². The Bertz CT molecular complexity index is 856. The van der Waals surface area contributed by atoms with Gasteiger partial charge >= 0.3 is 0 Å². The van der Waals surface area contributed by atoms with Crippen molar-refractivity contribution in [2.75, 3.05) is 31.1 Å². The summed E-state index contributed by atoms with van der Waals surface area (Å²) in [6.45, 7) is 5.09. The first-order valence-electron chi connectivity index (χ1n) is 9.42. The van der Waals surface area contributed by atoms with Crippen LogP contribution in [0.5, 0.6) is 0 Å². The van der Waals surface area contributed by atoms with Gasteiger partial charge in [0.15, 0.2) is 11.6 Å². The summed E-state index contributed by atoms with van der Waals surface area (Å²) in [7, 11) is 0. The van der Waals surface area contributed by atoms with Crippen molar-refractivity contribution in [2.24, 2.45) is 0 Å². The lowest BCUT2D eigenvalue weighted by atomic mass is 10.1. The quantitative estimate of drug-likeness (QED) is 0.673. The van der Waals surface area contributed by atoms with Gasteiger partial charge in [-0.05, 0) is 30.2 Å². The molecule has 27 heavy (non-hydrogen) atoms. The molecular formula is C21H24FN5. The largest absolute Gasteiger partial charge is 0.352 e. The molecule has 0 radical (unpaired) electrons. The highest BCUT2D eigenvalue weighted by atomic mass is 19.1. The molecule has 0 saturated carbocycles. The number of pyridine rings is 1. The lowest BCUT2D eigenvalue weighted by molar-refractivity contribution is 0.241. The molecule has 1 aromatic carbocycles. The van der Waals surface area contributed by atoms with Gasteiger partial charge in [0.2, 0.25) is 0 Å². The number of nitrogens with zero attached hydrogens (tertiary/aromatic N) is 5. The van der Waals surface area contributed by atoms with E-state index in [4.69, 9.17) is 0 Å². The summed E-state index contributed by atoms with van der Waals surface area (Å²) in [5.74, 6) is 0.218. The maximum Gasteiger partial charge on any atom is 0.165 e. The molecule has 1 aliphatic heterocycles. The topological polar surface area (TPSA) is 37.2 Å². The fourth-order valence-electron chi connectivity index (χ4n) is 3.53. The zero-order valence-electron chi connectivity index (χ0n) is 15.3. The van der Waals surface area contributed by atoms with E-state index in [1.165, 1.54) is 17.3 Å². The smallest absolute Gasteiger partial charge is 0.165 e. The summed E-state index contributed by atoms with van der Waals surface area (Å²) >= 11 is 0. The number of hydrogen-bond acceptors (Lipinski definition) is 4. The molecule has 0 aliphatic carbocycles. The van der Waals surface area contributed by atoms with Crippen molar-refractivity contribution < 1.29 is 4.39 Å². The highest BCUT2D eigenvalue weighted by Crippen LogP contribution is 2.18. The lowest BCUT2D eigenvalue weighted by Crippen LogP contribution is -2.46. The van der Waals surface area contributed by atoms with E-state index in [1.54, 1.807) is 12.3 Å². The Kier molecular flexibility index (Phi) is 5.44. The molecule has 0 N–H and O–H groups in total. The minimum atomic E-state index is -0.245. The van der Waals surface area contributed by atoms with Crippen molar-refractivity contribution >= 4 is 5.82 Å². The SMILES string of the molecule is Fc1cccnc1N1CCN(Cc2ccnn2CCc2ccccc2)CC1. The van der Waals surface area contributed by atoms with Crippen LogP contribution in [-0.4, -0.2) is 45.8 Å². The first-order chi connectivity index (χ1) is 13.3. The van der Waals surface area contributed by atoms with Crippen LogP contribution in [0, 0.1) is 5.82 Å². The maximum atomic E-state index is 13.9. The van der Waals surface area contributed by atoms with E-state index < -0.39 is 0 Å². The molecule has 5 nitrogen and oxygen atoms in total. The molecule has 4 rings (SSSR count). The zero-order chi connectivity index (χ0) is 18.5. The Morgan fingerprint density at radius 1 is 0.889 bits per heavy atom. The molecule has 2 aromatic heterocycles. The summed E-state index contributed by atoms with van der Waals surface area (Å²) in [6.07, 6.45) is 4.50. The van der Waals surface area contributed by atoms with Crippen LogP contribution in [0.2, 0.25) is 0 Å². The van der Waals surface area contributed by atoms with E-state index in [9.17, 15) is 4.39 Å². The Hall–Kier alpha value is -2.73. The number of anilines is 1. The lowest BCUT2D eigenvalue weighted by Gasteiger charge is -2.35. The van der Waals surface area contributed by atoms with Crippen LogP contribution in [0.3, 0.4) is 0 Å². The Morgan fingerprint density at radius 2 is 1.70 bits per heavy atom. The summed E-state index contributed by atoms with van der Waals surface area (Å²) in [5, 5.41) is 4.49. The second-order valence-electron chi connectivity index (χ2n) is 6.85. The molecule has 0 amide bonds. The van der Waals surface area contributed by atoms with Gasteiger partial charge in [0.1, 0.15) is 0 Å². The van der Waals surface area contributed by atoms with Crippen LogP contribution in [0.15, 0.2) is 60.9 Å². The number of aryl methyl sites for hydroxylation is 2. The van der Waals surface area contributed by atoms with Gasteiger partial charge in [0.25, 0.3) is 0 Å². The standard InChI is InChI=1S/C21H24FN5/c22-20-7-4-10-23-21(20)26-15-13-25(14-16-26)17-19-8-11-24-27(19)12-9-18-5-2-1-3-6-18/h1-8,10-11H,9,12-17H2. The fraction of sp³-hybridized carbons (Fsp3) is 0.333. The second kappa shape index (κ2) is 8.31. The molecule has 6 heteroatoms. The maximum absolute atomic E-state index is 13.9. The van der Waals surface area contributed by atoms with E-state index in [0.717, 1.165) is 45.7 Å². The van der Waals surface area contributed by atoms with E-state index in [2.05, 4.69) is 50.0 Å². The third-order valence-corrected chi connectivity index (χ3v) is 5.06. The average Bonchev–Trinajstić information content (AvgIpc) is 3.15. The van der Waals surface area contributed by atoms with Crippen molar-refractivity contribution in [3.05, 3.63) is 78.0 Å². The Morgan fingerprint density at radius 3 is 2.48 bits per heavy atom. The van der Waals surface area contributed by atoms with Gasteiger partial charge in [-0.25, -0.2) is 9.37 Å². The Balaban J connectivity index is 1.32. The number of benzene rings is 1. The summed E-state index contributed by atoms with van der Waals surface area (Å²) < 4.78 is 16.0. The third-order valence-electron chi connectivity index (χ3n) is 5.06. The second-order valence-corrected chi connectivity index (χ2v) is 6.85. The minimum absolute atomic E-state index is 0.245. The van der Waals surface area contributed by atoms with Crippen LogP contribution >= 0.6 is 0 Å². The third kappa shape index (κ3) is 4.34. The number of hydrogen-bond donors (Lipinski definition) is 0. The summed E-state index contributed by atoms with van der Waals surface area (Å²) in [6, 6.07) is 15.7. The van der Waals surface area contributed by atoms with Crippen molar-refractivity contribution in [1.29, 1.82) is 0 Å². The van der Waals surface area contributed by atoms with Crippen LogP contribution < -0.4 is 4.90 Å². The van der Waals surface area contributed by atoms with Crippen molar-refractivity contribution in [2.45, 2.75) is 19.5 Å². The molecular weight excluding hydrogens is 341 g/mol. The zero-order valence-corrected chi connectivity index (χ0v) is 15.3. The number of aromatic nitrogens is 3. The van der Waals surface area contributed by atoms with Gasteiger partial charge in [-0.15, -0.1) is 0 Å². The van der Waals surface area contributed by atoms with Gasteiger partial charge in [0, 0.05) is 51.7 Å². The predicted octanol–water partition coefficient (Wildman–Crippen LogP) is 2.98. The normalized spacial score (nSPS) is 15.2. The van der Waals surface area contributed by atoms with Crippen molar-refractivity contribution in [3.63, 3.8) is 0 Å². The average molecular weight is 365 g/mol. The van der Waals surface area contributed by atoms with E-state index in [1.807, 2.05) is 17.2 Å². The predicted molar refractivity (Wildman–Crippen MR) is 104 cm³/mol. The summed E-state index contributed by atoms with van der Waals surface area (Å²) in [4.78, 5) is 8.61. The molecule has 1 aliphatic rings. The molecule has 0 spiro atoms. The number of piperazine rings is 1. The first-order valence-corrected chi connectivity index (χ1v) is 9.42. The summed E-state index contributed by atoms with van der Waals surface area (Å²) in [5.41, 5.74) is 2.55. The minimum Gasteiger partial charge on any atom is -0.352 e. The van der Waals surface area contributed by atoms with E-state index in [0.29, 0.717) is 5.82 Å². The monoisotopic (exact) mass is 365 g/mol. The molecule has 140 valence electrons. The first kappa shape index (κ1) is 17.7. The molecule has 0 atom stereocenters. The molecule has 1 fully saturated rings. The highest BCUT2D eigenvalue weighted by molar-refractivity contribution is 5.40. The number of rotatable bonds is 6. The number of halogens is 1. The van der Waals surface area contributed by atoms with E-state index in [-0.39, 0.29) is 5.82 Å². The molecule has 3 aromatic rings. The van der Waals surface area contributed by atoms with Crippen LogP contribution in [0.4, 0.5) is 10.2 Å². The van der Waals surface area contributed by atoms with Crippen molar-refractivity contribution in [1.82, 2.24) is 19.7 Å². The fourth-order valence-corrected chi connectivity index (χ4v) is 3.53. The van der Waals surface area contributed by atoms with Crippen LogP contribution in [0.1, 0.15) is 11.3 Å². The van der Waals surface area contributed by atoms with E-state index >= 15 is 0 Å².